The average Bonchev–Trinajstić information content (AvgIpc) is 2.49. The van der Waals surface area contributed by atoms with Gasteiger partial charge in [0, 0.05) is 0 Å². The van der Waals surface area contributed by atoms with Gasteiger partial charge >= 0.3 is 0 Å². The Labute approximate surface area is 121 Å². The zero-order valence-electron chi connectivity index (χ0n) is 12.1. The third-order valence-corrected chi connectivity index (χ3v) is 3.36. The van der Waals surface area contributed by atoms with E-state index in [4.69, 9.17) is 4.74 Å². The molecule has 0 fully saturated rings. The SMILES string of the molecule is C=Cc1ccc(OCCCCc2ccc(C)cc2)cc1. The highest BCUT2D eigenvalue weighted by Gasteiger charge is 1.96. The van der Waals surface area contributed by atoms with E-state index in [-0.39, 0.29) is 0 Å². The largest absolute Gasteiger partial charge is 0.494 e. The zero-order valence-corrected chi connectivity index (χ0v) is 12.1. The molecule has 0 atom stereocenters. The van der Waals surface area contributed by atoms with E-state index >= 15 is 0 Å². The Kier molecular flexibility index (Phi) is 5.43. The summed E-state index contributed by atoms with van der Waals surface area (Å²) >= 11 is 0. The zero-order chi connectivity index (χ0) is 14.2. The van der Waals surface area contributed by atoms with Crippen LogP contribution in [0.3, 0.4) is 0 Å². The minimum Gasteiger partial charge on any atom is -0.494 e. The molecule has 2 aromatic carbocycles. The van der Waals surface area contributed by atoms with Gasteiger partial charge in [0.1, 0.15) is 5.75 Å². The third kappa shape index (κ3) is 4.58. The van der Waals surface area contributed by atoms with Crippen molar-refractivity contribution in [3.05, 3.63) is 71.8 Å². The van der Waals surface area contributed by atoms with Crippen LogP contribution in [0, 0.1) is 6.92 Å². The van der Waals surface area contributed by atoms with Crippen LogP contribution in [0.5, 0.6) is 5.75 Å². The summed E-state index contributed by atoms with van der Waals surface area (Å²) in [6.45, 7) is 6.64. The molecule has 0 aliphatic carbocycles. The summed E-state index contributed by atoms with van der Waals surface area (Å²) in [5.41, 5.74) is 3.85. The van der Waals surface area contributed by atoms with Crippen molar-refractivity contribution in [1.82, 2.24) is 0 Å². The molecule has 0 unspecified atom stereocenters. The molecule has 0 amide bonds. The monoisotopic (exact) mass is 266 g/mol. The van der Waals surface area contributed by atoms with Crippen LogP contribution in [0.15, 0.2) is 55.1 Å². The van der Waals surface area contributed by atoms with Crippen molar-refractivity contribution in [3.63, 3.8) is 0 Å². The predicted octanol–water partition coefficient (Wildman–Crippen LogP) is 5.04. The Morgan fingerprint density at radius 3 is 2.30 bits per heavy atom. The van der Waals surface area contributed by atoms with Gasteiger partial charge in [-0.3, -0.25) is 0 Å². The highest BCUT2D eigenvalue weighted by Crippen LogP contribution is 2.13. The molecule has 2 aromatic rings. The fraction of sp³-hybridized carbons (Fsp3) is 0.263. The van der Waals surface area contributed by atoms with Crippen LogP contribution in [0.2, 0.25) is 0 Å². The molecular formula is C19H22O. The number of ether oxygens (including phenoxy) is 1. The van der Waals surface area contributed by atoms with Gasteiger partial charge in [0.25, 0.3) is 0 Å². The topological polar surface area (TPSA) is 9.23 Å². The summed E-state index contributed by atoms with van der Waals surface area (Å²) in [6.07, 6.45) is 5.20. The van der Waals surface area contributed by atoms with Gasteiger partial charge in [-0.15, -0.1) is 0 Å². The third-order valence-electron chi connectivity index (χ3n) is 3.36. The minimum atomic E-state index is 0.777. The number of unbranched alkanes of at least 4 members (excludes halogenated alkanes) is 1. The molecule has 2 rings (SSSR count). The molecular weight excluding hydrogens is 244 g/mol. The van der Waals surface area contributed by atoms with E-state index in [1.807, 2.05) is 30.3 Å². The number of rotatable bonds is 7. The second kappa shape index (κ2) is 7.54. The van der Waals surface area contributed by atoms with Crippen molar-refractivity contribution in [1.29, 1.82) is 0 Å². The summed E-state index contributed by atoms with van der Waals surface area (Å²) in [6, 6.07) is 16.8. The van der Waals surface area contributed by atoms with Crippen molar-refractivity contribution in [3.8, 4) is 5.75 Å². The minimum absolute atomic E-state index is 0.777. The molecule has 0 saturated heterocycles. The molecule has 0 aromatic heterocycles. The van der Waals surface area contributed by atoms with Gasteiger partial charge in [-0.25, -0.2) is 0 Å². The van der Waals surface area contributed by atoms with Gasteiger partial charge in [0.15, 0.2) is 0 Å². The Morgan fingerprint density at radius 2 is 1.65 bits per heavy atom. The molecule has 0 spiro atoms. The number of aryl methyl sites for hydroxylation is 2. The van der Waals surface area contributed by atoms with Crippen molar-refractivity contribution in [2.45, 2.75) is 26.2 Å². The van der Waals surface area contributed by atoms with E-state index in [9.17, 15) is 0 Å². The van der Waals surface area contributed by atoms with Crippen LogP contribution in [0.4, 0.5) is 0 Å². The van der Waals surface area contributed by atoms with E-state index in [1.54, 1.807) is 0 Å². The van der Waals surface area contributed by atoms with Gasteiger partial charge in [0.2, 0.25) is 0 Å². The Hall–Kier alpha value is -2.02. The lowest BCUT2D eigenvalue weighted by molar-refractivity contribution is 0.307. The molecule has 0 aliphatic rings. The first-order valence-electron chi connectivity index (χ1n) is 7.19. The normalized spacial score (nSPS) is 10.2. The van der Waals surface area contributed by atoms with Gasteiger partial charge in [-0.05, 0) is 49.4 Å². The highest BCUT2D eigenvalue weighted by atomic mass is 16.5. The first kappa shape index (κ1) is 14.4. The standard InChI is InChI=1S/C19H22O/c1-3-17-11-13-19(14-12-17)20-15-5-4-6-18-9-7-16(2)8-10-18/h3,7-14H,1,4-6,15H2,2H3. The summed E-state index contributed by atoms with van der Waals surface area (Å²) in [5, 5.41) is 0. The van der Waals surface area contributed by atoms with Gasteiger partial charge in [0.05, 0.1) is 6.61 Å². The summed E-state index contributed by atoms with van der Waals surface area (Å²) in [4.78, 5) is 0. The van der Waals surface area contributed by atoms with E-state index in [2.05, 4.69) is 37.8 Å². The van der Waals surface area contributed by atoms with Crippen LogP contribution in [-0.2, 0) is 6.42 Å². The second-order valence-corrected chi connectivity index (χ2v) is 5.06. The number of hydrogen-bond acceptors (Lipinski definition) is 1. The number of benzene rings is 2. The van der Waals surface area contributed by atoms with E-state index in [0.717, 1.165) is 37.2 Å². The molecule has 0 saturated carbocycles. The van der Waals surface area contributed by atoms with E-state index in [0.29, 0.717) is 0 Å². The summed E-state index contributed by atoms with van der Waals surface area (Å²) in [5.74, 6) is 0.936. The first-order valence-corrected chi connectivity index (χ1v) is 7.19. The first-order chi connectivity index (χ1) is 9.78. The lowest BCUT2D eigenvalue weighted by atomic mass is 10.1. The fourth-order valence-corrected chi connectivity index (χ4v) is 2.08. The fourth-order valence-electron chi connectivity index (χ4n) is 2.08. The van der Waals surface area contributed by atoms with Crippen molar-refractivity contribution < 1.29 is 4.74 Å². The lowest BCUT2D eigenvalue weighted by Crippen LogP contribution is -1.98. The molecule has 20 heavy (non-hydrogen) atoms. The highest BCUT2D eigenvalue weighted by molar-refractivity contribution is 5.48. The molecule has 1 heteroatoms. The summed E-state index contributed by atoms with van der Waals surface area (Å²) < 4.78 is 5.73. The molecule has 0 bridgehead atoms. The van der Waals surface area contributed by atoms with Crippen molar-refractivity contribution in [2.24, 2.45) is 0 Å². The lowest BCUT2D eigenvalue weighted by Gasteiger charge is -2.06. The Bertz CT molecular complexity index is 523. The average molecular weight is 266 g/mol. The van der Waals surface area contributed by atoms with Gasteiger partial charge in [-0.1, -0.05) is 54.6 Å². The molecule has 0 heterocycles. The van der Waals surface area contributed by atoms with E-state index in [1.165, 1.54) is 11.1 Å². The Balaban J connectivity index is 1.65. The van der Waals surface area contributed by atoms with Crippen LogP contribution >= 0.6 is 0 Å². The van der Waals surface area contributed by atoms with Crippen molar-refractivity contribution in [2.75, 3.05) is 6.61 Å². The second-order valence-electron chi connectivity index (χ2n) is 5.06. The smallest absolute Gasteiger partial charge is 0.119 e. The van der Waals surface area contributed by atoms with Crippen molar-refractivity contribution >= 4 is 6.08 Å². The molecule has 0 aliphatic heterocycles. The van der Waals surface area contributed by atoms with Crippen LogP contribution in [-0.4, -0.2) is 6.61 Å². The van der Waals surface area contributed by atoms with E-state index < -0.39 is 0 Å². The molecule has 0 radical (unpaired) electrons. The summed E-state index contributed by atoms with van der Waals surface area (Å²) in [7, 11) is 0. The molecule has 0 N–H and O–H groups in total. The maximum atomic E-state index is 5.73. The maximum Gasteiger partial charge on any atom is 0.119 e. The maximum absolute atomic E-state index is 5.73. The van der Waals surface area contributed by atoms with Crippen LogP contribution in [0.1, 0.15) is 29.5 Å². The quantitative estimate of drug-likeness (QED) is 0.638. The predicted molar refractivity (Wildman–Crippen MR) is 86.1 cm³/mol. The van der Waals surface area contributed by atoms with Crippen LogP contribution < -0.4 is 4.74 Å². The molecule has 104 valence electrons. The molecule has 1 nitrogen and oxygen atoms in total. The Morgan fingerprint density at radius 1 is 0.950 bits per heavy atom. The number of hydrogen-bond donors (Lipinski definition) is 0. The van der Waals surface area contributed by atoms with Gasteiger partial charge < -0.3 is 4.74 Å². The van der Waals surface area contributed by atoms with Gasteiger partial charge in [-0.2, -0.15) is 0 Å². The van der Waals surface area contributed by atoms with Crippen LogP contribution in [0.25, 0.3) is 6.08 Å².